The predicted molar refractivity (Wildman–Crippen MR) is 105 cm³/mol. The molecule has 0 aliphatic carbocycles. The molecule has 1 aromatic rings. The minimum Gasteiger partial charge on any atom is -0.377 e. The quantitative estimate of drug-likeness (QED) is 0.724. The molecule has 2 aliphatic heterocycles. The van der Waals surface area contributed by atoms with E-state index in [1.807, 2.05) is 6.07 Å². The lowest BCUT2D eigenvalue weighted by Gasteiger charge is -2.35. The molecule has 2 saturated heterocycles. The van der Waals surface area contributed by atoms with Gasteiger partial charge in [-0.15, -0.1) is 0 Å². The van der Waals surface area contributed by atoms with Crippen LogP contribution >= 0.6 is 0 Å². The molecule has 0 aromatic heterocycles. The van der Waals surface area contributed by atoms with Gasteiger partial charge in [0.25, 0.3) is 0 Å². The second-order valence-corrected chi connectivity index (χ2v) is 7.76. The fraction of sp³-hybridized carbons (Fsp3) is 0.667. The lowest BCUT2D eigenvalue weighted by Crippen LogP contribution is -2.45. The van der Waals surface area contributed by atoms with Gasteiger partial charge in [-0.3, -0.25) is 9.69 Å². The van der Waals surface area contributed by atoms with E-state index in [9.17, 15) is 4.79 Å². The Hall–Kier alpha value is -1.47. The Morgan fingerprint density at radius 3 is 2.63 bits per heavy atom. The lowest BCUT2D eigenvalue weighted by atomic mass is 10.1. The third kappa shape index (κ3) is 6.57. The highest BCUT2D eigenvalue weighted by Gasteiger charge is 2.22. The first kappa shape index (κ1) is 20.3. The number of hydrogen-bond acceptors (Lipinski definition) is 5. The molecule has 0 spiro atoms. The van der Waals surface area contributed by atoms with Gasteiger partial charge in [0, 0.05) is 39.3 Å². The fourth-order valence-corrected chi connectivity index (χ4v) is 3.95. The van der Waals surface area contributed by atoms with E-state index >= 15 is 0 Å². The van der Waals surface area contributed by atoms with Crippen LogP contribution in [0.15, 0.2) is 24.3 Å². The maximum absolute atomic E-state index is 12.1. The maximum Gasteiger partial charge on any atom is 0.234 e. The predicted octanol–water partition coefficient (Wildman–Crippen LogP) is 1.68. The summed E-state index contributed by atoms with van der Waals surface area (Å²) < 4.78 is 11.4. The van der Waals surface area contributed by atoms with Crippen molar-refractivity contribution >= 4 is 5.91 Å². The number of nitrogens with zero attached hydrogens (tertiary/aromatic N) is 1. The summed E-state index contributed by atoms with van der Waals surface area (Å²) in [6, 6.07) is 8.35. The molecule has 6 heteroatoms. The van der Waals surface area contributed by atoms with Crippen molar-refractivity contribution in [3.8, 4) is 0 Å². The van der Waals surface area contributed by atoms with Crippen molar-refractivity contribution in [2.75, 3.05) is 32.8 Å². The molecule has 0 radical (unpaired) electrons. The van der Waals surface area contributed by atoms with Crippen LogP contribution in [-0.2, 0) is 27.4 Å². The molecule has 0 unspecified atom stereocenters. The molecule has 27 heavy (non-hydrogen) atoms. The topological polar surface area (TPSA) is 62.8 Å². The summed E-state index contributed by atoms with van der Waals surface area (Å²) in [6.45, 7) is 9.51. The number of benzene rings is 1. The zero-order valence-corrected chi connectivity index (χ0v) is 16.6. The van der Waals surface area contributed by atoms with Crippen LogP contribution in [0, 0.1) is 0 Å². The standard InChI is InChI=1S/C21H33N3O3/c1-16-13-24(14-17(2)27-16)15-19-7-4-3-6-18(19)10-23-21(25)12-22-11-20-8-5-9-26-20/h3-4,6-7,16-17,20,22H,5,8-15H2,1-2H3,(H,23,25)/t16-,17+,20-/m1/s1. The lowest BCUT2D eigenvalue weighted by molar-refractivity contribution is -0.120. The van der Waals surface area contributed by atoms with Crippen molar-refractivity contribution in [2.24, 2.45) is 0 Å². The van der Waals surface area contributed by atoms with Gasteiger partial charge in [0.05, 0.1) is 24.9 Å². The van der Waals surface area contributed by atoms with Crippen LogP contribution in [0.3, 0.4) is 0 Å². The molecule has 1 amide bonds. The normalized spacial score (nSPS) is 26.2. The Morgan fingerprint density at radius 2 is 1.93 bits per heavy atom. The molecular weight excluding hydrogens is 342 g/mol. The van der Waals surface area contributed by atoms with Crippen molar-refractivity contribution in [1.82, 2.24) is 15.5 Å². The molecule has 2 fully saturated rings. The van der Waals surface area contributed by atoms with E-state index in [2.05, 4.69) is 47.6 Å². The van der Waals surface area contributed by atoms with Gasteiger partial charge in [-0.2, -0.15) is 0 Å². The largest absolute Gasteiger partial charge is 0.377 e. The highest BCUT2D eigenvalue weighted by molar-refractivity contribution is 5.78. The first-order valence-electron chi connectivity index (χ1n) is 10.1. The monoisotopic (exact) mass is 375 g/mol. The van der Waals surface area contributed by atoms with Crippen molar-refractivity contribution in [3.05, 3.63) is 35.4 Å². The molecular formula is C21H33N3O3. The van der Waals surface area contributed by atoms with Gasteiger partial charge >= 0.3 is 0 Å². The number of nitrogens with one attached hydrogen (secondary N) is 2. The highest BCUT2D eigenvalue weighted by Crippen LogP contribution is 2.17. The number of ether oxygens (including phenoxy) is 2. The first-order chi connectivity index (χ1) is 13.1. The van der Waals surface area contributed by atoms with Gasteiger partial charge in [0.15, 0.2) is 0 Å². The molecule has 6 nitrogen and oxygen atoms in total. The van der Waals surface area contributed by atoms with E-state index in [-0.39, 0.29) is 24.2 Å². The van der Waals surface area contributed by atoms with Gasteiger partial charge in [0.1, 0.15) is 0 Å². The third-order valence-corrected chi connectivity index (χ3v) is 5.17. The second-order valence-electron chi connectivity index (χ2n) is 7.76. The minimum absolute atomic E-state index is 0.0245. The van der Waals surface area contributed by atoms with E-state index in [0.717, 1.165) is 45.6 Å². The third-order valence-electron chi connectivity index (χ3n) is 5.17. The minimum atomic E-state index is 0.0245. The van der Waals surface area contributed by atoms with Gasteiger partial charge in [-0.1, -0.05) is 24.3 Å². The fourth-order valence-electron chi connectivity index (χ4n) is 3.95. The van der Waals surface area contributed by atoms with Crippen LogP contribution in [0.5, 0.6) is 0 Å². The number of amides is 1. The zero-order chi connectivity index (χ0) is 19.1. The molecule has 1 aromatic carbocycles. The Balaban J connectivity index is 1.44. The molecule has 0 saturated carbocycles. The van der Waals surface area contributed by atoms with Gasteiger partial charge in [0.2, 0.25) is 5.91 Å². The second kappa shape index (κ2) is 10.2. The Kier molecular flexibility index (Phi) is 7.64. The van der Waals surface area contributed by atoms with Crippen LogP contribution in [0.25, 0.3) is 0 Å². The molecule has 3 atom stereocenters. The molecule has 2 heterocycles. The Morgan fingerprint density at radius 1 is 1.19 bits per heavy atom. The maximum atomic E-state index is 12.1. The van der Waals surface area contributed by atoms with Crippen LogP contribution < -0.4 is 10.6 Å². The van der Waals surface area contributed by atoms with E-state index in [4.69, 9.17) is 9.47 Å². The average molecular weight is 376 g/mol. The molecule has 150 valence electrons. The number of carbonyl (C=O) groups excluding carboxylic acids is 1. The smallest absolute Gasteiger partial charge is 0.234 e. The Labute approximate surface area is 162 Å². The number of morpholine rings is 1. The molecule has 0 bridgehead atoms. The van der Waals surface area contributed by atoms with Crippen molar-refractivity contribution in [1.29, 1.82) is 0 Å². The summed E-state index contributed by atoms with van der Waals surface area (Å²) >= 11 is 0. The van der Waals surface area contributed by atoms with Gasteiger partial charge in [-0.25, -0.2) is 0 Å². The number of rotatable bonds is 8. The SMILES string of the molecule is C[C@@H]1CN(Cc2ccccc2CNC(=O)CNC[C@H]2CCCO2)C[C@H](C)O1. The molecule has 3 rings (SSSR count). The van der Waals surface area contributed by atoms with Crippen LogP contribution in [-0.4, -0.2) is 61.9 Å². The summed E-state index contributed by atoms with van der Waals surface area (Å²) in [5.41, 5.74) is 2.45. The summed E-state index contributed by atoms with van der Waals surface area (Å²) in [6.07, 6.45) is 2.99. The number of carbonyl (C=O) groups is 1. The van der Waals surface area contributed by atoms with Crippen molar-refractivity contribution in [2.45, 2.75) is 58.1 Å². The van der Waals surface area contributed by atoms with Gasteiger partial charge in [-0.05, 0) is 37.8 Å². The van der Waals surface area contributed by atoms with E-state index < -0.39 is 0 Å². The molecule has 2 N–H and O–H groups in total. The number of hydrogen-bond donors (Lipinski definition) is 2. The summed E-state index contributed by atoms with van der Waals surface area (Å²) in [5, 5.41) is 6.23. The summed E-state index contributed by atoms with van der Waals surface area (Å²) in [4.78, 5) is 14.6. The zero-order valence-electron chi connectivity index (χ0n) is 16.6. The van der Waals surface area contributed by atoms with Gasteiger partial charge < -0.3 is 20.1 Å². The highest BCUT2D eigenvalue weighted by atomic mass is 16.5. The molecule has 2 aliphatic rings. The summed E-state index contributed by atoms with van der Waals surface area (Å²) in [5.74, 6) is 0.0245. The van der Waals surface area contributed by atoms with E-state index in [0.29, 0.717) is 13.1 Å². The van der Waals surface area contributed by atoms with E-state index in [1.54, 1.807) is 0 Å². The average Bonchev–Trinajstić information content (AvgIpc) is 3.13. The van der Waals surface area contributed by atoms with Crippen LogP contribution in [0.4, 0.5) is 0 Å². The van der Waals surface area contributed by atoms with Crippen LogP contribution in [0.1, 0.15) is 37.8 Å². The van der Waals surface area contributed by atoms with E-state index in [1.165, 1.54) is 11.1 Å². The Bertz CT molecular complexity index is 594. The van der Waals surface area contributed by atoms with Crippen LogP contribution in [0.2, 0.25) is 0 Å². The summed E-state index contributed by atoms with van der Waals surface area (Å²) in [7, 11) is 0. The van der Waals surface area contributed by atoms with Crippen molar-refractivity contribution in [3.63, 3.8) is 0 Å². The van der Waals surface area contributed by atoms with Crippen molar-refractivity contribution < 1.29 is 14.3 Å². The first-order valence-corrected chi connectivity index (χ1v) is 10.1.